The molecule has 1 atom stereocenters. The van der Waals surface area contributed by atoms with Gasteiger partial charge in [-0.25, -0.2) is 0 Å². The van der Waals surface area contributed by atoms with Gasteiger partial charge in [0.2, 0.25) is 0 Å². The highest BCUT2D eigenvalue weighted by Crippen LogP contribution is 2.06. The molecular weight excluding hydrogens is 190 g/mol. The maximum Gasteiger partial charge on any atom is 0.255 e. The highest BCUT2D eigenvalue weighted by Gasteiger charge is 2.21. The Kier molecular flexibility index (Phi) is 2.97. The van der Waals surface area contributed by atoms with Crippen LogP contribution in [0.3, 0.4) is 0 Å². The lowest BCUT2D eigenvalue weighted by atomic mass is 10.2. The van der Waals surface area contributed by atoms with Gasteiger partial charge in [-0.15, -0.1) is 0 Å². The number of carbonyl (C=O) groups is 1. The van der Waals surface area contributed by atoms with Gasteiger partial charge in [0.25, 0.3) is 5.91 Å². The van der Waals surface area contributed by atoms with E-state index in [4.69, 9.17) is 0 Å². The molecule has 1 radical (unpaired) electrons. The van der Waals surface area contributed by atoms with E-state index in [1.54, 1.807) is 18.3 Å². The highest BCUT2D eigenvalue weighted by molar-refractivity contribution is 5.93. The summed E-state index contributed by atoms with van der Waals surface area (Å²) < 4.78 is 0. The smallest absolute Gasteiger partial charge is 0.255 e. The van der Waals surface area contributed by atoms with E-state index in [0.29, 0.717) is 11.6 Å². The summed E-state index contributed by atoms with van der Waals surface area (Å²) in [7, 11) is 0. The van der Waals surface area contributed by atoms with Crippen LogP contribution in [0.5, 0.6) is 0 Å². The summed E-state index contributed by atoms with van der Waals surface area (Å²) in [6.45, 7) is 4.47. The van der Waals surface area contributed by atoms with Crippen molar-refractivity contribution in [2.45, 2.75) is 13.0 Å². The molecule has 79 valence electrons. The van der Waals surface area contributed by atoms with Crippen LogP contribution in [-0.4, -0.2) is 41.5 Å². The summed E-state index contributed by atoms with van der Waals surface area (Å²) in [6, 6.07) is 3.78. The predicted molar refractivity (Wildman–Crippen MR) is 56.4 cm³/mol. The second-order valence-electron chi connectivity index (χ2n) is 3.78. The van der Waals surface area contributed by atoms with E-state index in [-0.39, 0.29) is 5.91 Å². The quantitative estimate of drug-likeness (QED) is 0.716. The van der Waals surface area contributed by atoms with Gasteiger partial charge < -0.3 is 10.2 Å². The van der Waals surface area contributed by atoms with Crippen LogP contribution in [0, 0.1) is 6.20 Å². The van der Waals surface area contributed by atoms with Gasteiger partial charge in [0, 0.05) is 31.9 Å². The van der Waals surface area contributed by atoms with Crippen molar-refractivity contribution < 1.29 is 4.79 Å². The molecule has 1 N–H and O–H groups in total. The molecule has 1 saturated heterocycles. The zero-order valence-corrected chi connectivity index (χ0v) is 8.73. The SMILES string of the molecule is CC1CN(C(=O)c2cc[c]nc2)CCN1. The minimum absolute atomic E-state index is 0.0600. The zero-order chi connectivity index (χ0) is 10.7. The monoisotopic (exact) mass is 204 g/mol. The van der Waals surface area contributed by atoms with Crippen LogP contribution in [0.4, 0.5) is 0 Å². The number of carbonyl (C=O) groups excluding carboxylic acids is 1. The topological polar surface area (TPSA) is 45.2 Å². The first-order chi connectivity index (χ1) is 7.27. The maximum absolute atomic E-state index is 12.0. The van der Waals surface area contributed by atoms with Crippen molar-refractivity contribution in [2.24, 2.45) is 0 Å². The Labute approximate surface area is 89.3 Å². The van der Waals surface area contributed by atoms with Gasteiger partial charge in [-0.05, 0) is 19.1 Å². The molecule has 1 amide bonds. The highest BCUT2D eigenvalue weighted by atomic mass is 16.2. The first-order valence-electron chi connectivity index (χ1n) is 5.12. The molecule has 1 fully saturated rings. The summed E-state index contributed by atoms with van der Waals surface area (Å²) >= 11 is 0. The van der Waals surface area contributed by atoms with Gasteiger partial charge in [-0.2, -0.15) is 0 Å². The van der Waals surface area contributed by atoms with Crippen LogP contribution in [0.1, 0.15) is 17.3 Å². The van der Waals surface area contributed by atoms with Crippen LogP contribution in [-0.2, 0) is 0 Å². The molecule has 2 rings (SSSR count). The Balaban J connectivity index is 2.08. The molecule has 1 aromatic rings. The third kappa shape index (κ3) is 2.33. The zero-order valence-electron chi connectivity index (χ0n) is 8.73. The van der Waals surface area contributed by atoms with Crippen molar-refractivity contribution in [3.8, 4) is 0 Å². The number of aromatic nitrogens is 1. The Morgan fingerprint density at radius 3 is 3.27 bits per heavy atom. The van der Waals surface area contributed by atoms with E-state index in [1.165, 1.54) is 0 Å². The van der Waals surface area contributed by atoms with Crippen molar-refractivity contribution >= 4 is 5.91 Å². The molecule has 1 aliphatic rings. The Morgan fingerprint density at radius 1 is 1.73 bits per heavy atom. The van der Waals surface area contributed by atoms with Crippen molar-refractivity contribution in [1.29, 1.82) is 0 Å². The van der Waals surface area contributed by atoms with E-state index in [0.717, 1.165) is 19.6 Å². The molecule has 0 aliphatic carbocycles. The first-order valence-corrected chi connectivity index (χ1v) is 5.12. The molecule has 4 nitrogen and oxygen atoms in total. The number of piperazine rings is 1. The molecule has 0 bridgehead atoms. The molecule has 4 heteroatoms. The Hall–Kier alpha value is -1.42. The molecule has 2 heterocycles. The largest absolute Gasteiger partial charge is 0.336 e. The van der Waals surface area contributed by atoms with E-state index in [2.05, 4.69) is 23.4 Å². The normalized spacial score (nSPS) is 21.4. The van der Waals surface area contributed by atoms with Crippen molar-refractivity contribution in [2.75, 3.05) is 19.6 Å². The number of amides is 1. The van der Waals surface area contributed by atoms with Crippen LogP contribution in [0.25, 0.3) is 0 Å². The van der Waals surface area contributed by atoms with Crippen LogP contribution >= 0.6 is 0 Å². The molecule has 1 unspecified atom stereocenters. The lowest BCUT2D eigenvalue weighted by Crippen LogP contribution is -2.51. The molecule has 1 aromatic heterocycles. The standard InChI is InChI=1S/C11H14N3O/c1-9-8-14(6-5-13-9)11(15)10-3-2-4-12-7-10/h2-3,7,9,13H,5-6,8H2,1H3. The minimum Gasteiger partial charge on any atom is -0.336 e. The van der Waals surface area contributed by atoms with E-state index in [9.17, 15) is 4.79 Å². The molecule has 0 aromatic carbocycles. The van der Waals surface area contributed by atoms with Gasteiger partial charge >= 0.3 is 0 Å². The number of rotatable bonds is 1. The van der Waals surface area contributed by atoms with E-state index in [1.807, 2.05) is 4.90 Å². The second kappa shape index (κ2) is 4.40. The van der Waals surface area contributed by atoms with Gasteiger partial charge in [-0.1, -0.05) is 0 Å². The average molecular weight is 204 g/mol. The predicted octanol–water partition coefficient (Wildman–Crippen LogP) is 0.316. The van der Waals surface area contributed by atoms with Crippen molar-refractivity contribution in [1.82, 2.24) is 15.2 Å². The lowest BCUT2D eigenvalue weighted by Gasteiger charge is -2.31. The molecule has 0 saturated carbocycles. The summed E-state index contributed by atoms with van der Waals surface area (Å²) in [4.78, 5) is 17.7. The average Bonchev–Trinajstić information content (AvgIpc) is 2.29. The van der Waals surface area contributed by atoms with Crippen molar-refractivity contribution in [3.63, 3.8) is 0 Å². The summed E-state index contributed by atoms with van der Waals surface area (Å²) in [5.74, 6) is 0.0600. The summed E-state index contributed by atoms with van der Waals surface area (Å²) in [5.41, 5.74) is 0.642. The fourth-order valence-electron chi connectivity index (χ4n) is 1.75. The third-order valence-corrected chi connectivity index (χ3v) is 2.52. The fourth-order valence-corrected chi connectivity index (χ4v) is 1.75. The van der Waals surface area contributed by atoms with Crippen molar-refractivity contribution in [3.05, 3.63) is 30.1 Å². The molecule has 0 spiro atoms. The van der Waals surface area contributed by atoms with Crippen LogP contribution in [0.15, 0.2) is 18.3 Å². The van der Waals surface area contributed by atoms with Gasteiger partial charge in [0.1, 0.15) is 0 Å². The summed E-state index contributed by atoms with van der Waals surface area (Å²) in [5, 5.41) is 3.30. The number of nitrogens with one attached hydrogen (secondary N) is 1. The molecule has 1 aliphatic heterocycles. The lowest BCUT2D eigenvalue weighted by molar-refractivity contribution is 0.0708. The number of hydrogen-bond acceptors (Lipinski definition) is 3. The maximum atomic E-state index is 12.0. The van der Waals surface area contributed by atoms with E-state index < -0.39 is 0 Å². The van der Waals surface area contributed by atoms with Gasteiger partial charge in [0.15, 0.2) is 0 Å². The number of pyridine rings is 1. The molecular formula is C11H14N3O. The Bertz CT molecular complexity index is 339. The van der Waals surface area contributed by atoms with Crippen LogP contribution < -0.4 is 5.32 Å². The minimum atomic E-state index is 0.0600. The van der Waals surface area contributed by atoms with Crippen LogP contribution in [0.2, 0.25) is 0 Å². The van der Waals surface area contributed by atoms with Gasteiger partial charge in [-0.3, -0.25) is 9.78 Å². The fraction of sp³-hybridized carbons (Fsp3) is 0.455. The molecule has 15 heavy (non-hydrogen) atoms. The second-order valence-corrected chi connectivity index (χ2v) is 3.78. The summed E-state index contributed by atoms with van der Waals surface area (Å²) in [6.07, 6.45) is 4.23. The Morgan fingerprint density at radius 2 is 2.60 bits per heavy atom. The first kappa shape index (κ1) is 10.1. The third-order valence-electron chi connectivity index (χ3n) is 2.52. The van der Waals surface area contributed by atoms with E-state index >= 15 is 0 Å². The number of nitrogens with zero attached hydrogens (tertiary/aromatic N) is 2. The number of hydrogen-bond donors (Lipinski definition) is 1. The van der Waals surface area contributed by atoms with Gasteiger partial charge in [0.05, 0.1) is 11.8 Å².